The van der Waals surface area contributed by atoms with Gasteiger partial charge in [0.1, 0.15) is 0 Å². The highest BCUT2D eigenvalue weighted by atomic mass is 16.3. The number of nitrogens with zero attached hydrogens (tertiary/aromatic N) is 1. The molecule has 2 aromatic rings. The van der Waals surface area contributed by atoms with Gasteiger partial charge in [0.15, 0.2) is 0 Å². The van der Waals surface area contributed by atoms with Gasteiger partial charge < -0.3 is 10.1 Å². The number of rotatable bonds is 2. The quantitative estimate of drug-likeness (QED) is 0.747. The zero-order valence-corrected chi connectivity index (χ0v) is 15.2. The second-order valence-corrected chi connectivity index (χ2v) is 8.15. The lowest BCUT2D eigenvalue weighted by Crippen LogP contribution is -2.35. The van der Waals surface area contributed by atoms with Gasteiger partial charge in [-0.1, -0.05) is 18.2 Å². The highest BCUT2D eigenvalue weighted by Gasteiger charge is 2.27. The van der Waals surface area contributed by atoms with Gasteiger partial charge in [-0.15, -0.1) is 0 Å². The van der Waals surface area contributed by atoms with E-state index >= 15 is 0 Å². The number of aromatic amines is 1. The summed E-state index contributed by atoms with van der Waals surface area (Å²) in [7, 11) is 0. The van der Waals surface area contributed by atoms with Gasteiger partial charge in [-0.3, -0.25) is 9.69 Å². The lowest BCUT2D eigenvalue weighted by molar-refractivity contribution is 0.0792. The molecule has 26 heavy (non-hydrogen) atoms. The molecule has 136 valence electrons. The zero-order chi connectivity index (χ0) is 17.7. The monoisotopic (exact) mass is 350 g/mol. The van der Waals surface area contributed by atoms with Crippen molar-refractivity contribution in [2.45, 2.75) is 57.6 Å². The number of aromatic nitrogens is 1. The van der Waals surface area contributed by atoms with E-state index in [1.807, 2.05) is 0 Å². The maximum atomic E-state index is 12.5. The fourth-order valence-corrected chi connectivity index (χ4v) is 4.99. The summed E-state index contributed by atoms with van der Waals surface area (Å²) in [5.41, 5.74) is 8.83. The molecular weight excluding hydrogens is 324 g/mol. The number of aliphatic hydroxyl groups excluding tert-OH is 1. The smallest absolute Gasteiger partial charge is 0.251 e. The van der Waals surface area contributed by atoms with Crippen LogP contribution in [0.5, 0.6) is 0 Å². The second-order valence-electron chi connectivity index (χ2n) is 8.15. The van der Waals surface area contributed by atoms with Crippen molar-refractivity contribution < 1.29 is 5.11 Å². The molecule has 1 aliphatic heterocycles. The number of nitrogens with one attached hydrogen (secondary N) is 1. The molecule has 0 radical (unpaired) electrons. The van der Waals surface area contributed by atoms with Crippen molar-refractivity contribution in [3.8, 4) is 11.3 Å². The Morgan fingerprint density at radius 1 is 1.08 bits per heavy atom. The minimum atomic E-state index is -0.122. The molecule has 2 heterocycles. The molecule has 0 amide bonds. The van der Waals surface area contributed by atoms with Crippen molar-refractivity contribution in [2.24, 2.45) is 0 Å². The van der Waals surface area contributed by atoms with Crippen LogP contribution in [0.3, 0.4) is 0 Å². The first-order chi connectivity index (χ1) is 12.7. The highest BCUT2D eigenvalue weighted by molar-refractivity contribution is 5.75. The Kier molecular flexibility index (Phi) is 3.98. The van der Waals surface area contributed by atoms with Gasteiger partial charge >= 0.3 is 0 Å². The van der Waals surface area contributed by atoms with Crippen LogP contribution in [0.25, 0.3) is 11.3 Å². The molecule has 0 spiro atoms. The third-order valence-corrected chi connectivity index (χ3v) is 6.42. The molecule has 1 aromatic heterocycles. The molecule has 2 N–H and O–H groups in total. The van der Waals surface area contributed by atoms with Crippen LogP contribution >= 0.6 is 0 Å². The normalized spacial score (nSPS) is 19.9. The van der Waals surface area contributed by atoms with E-state index in [2.05, 4.69) is 28.1 Å². The second kappa shape index (κ2) is 6.36. The lowest BCUT2D eigenvalue weighted by atomic mass is 9.88. The summed E-state index contributed by atoms with van der Waals surface area (Å²) in [6, 6.07) is 6.73. The summed E-state index contributed by atoms with van der Waals surface area (Å²) < 4.78 is 0. The van der Waals surface area contributed by atoms with E-state index < -0.39 is 0 Å². The fourth-order valence-electron chi connectivity index (χ4n) is 4.99. The Labute approximate surface area is 153 Å². The summed E-state index contributed by atoms with van der Waals surface area (Å²) in [6.07, 6.45) is 6.91. The number of piperidine rings is 1. The first-order valence-electron chi connectivity index (χ1n) is 9.98. The van der Waals surface area contributed by atoms with Crippen LogP contribution < -0.4 is 5.56 Å². The van der Waals surface area contributed by atoms with Crippen molar-refractivity contribution in [2.75, 3.05) is 13.1 Å². The summed E-state index contributed by atoms with van der Waals surface area (Å²) in [5, 5.41) is 9.68. The van der Waals surface area contributed by atoms with E-state index in [1.165, 1.54) is 34.2 Å². The van der Waals surface area contributed by atoms with E-state index in [0.717, 1.165) is 69.4 Å². The van der Waals surface area contributed by atoms with Gasteiger partial charge in [0.2, 0.25) is 0 Å². The fraction of sp³-hybridized carbons (Fsp3) is 0.500. The standard InChI is InChI=1S/C22H26N2O2/c25-16-7-9-24(10-8-16)13-14-5-6-17-15(11-14)12-20-18-3-1-2-4-19(18)22(26)23-21(17)20/h5-6,11,16,25H,1-4,7-10,12-13H2,(H,23,26). The predicted molar refractivity (Wildman–Crippen MR) is 102 cm³/mol. The van der Waals surface area contributed by atoms with Crippen molar-refractivity contribution in [1.82, 2.24) is 9.88 Å². The number of hydrogen-bond acceptors (Lipinski definition) is 3. The number of hydrogen-bond donors (Lipinski definition) is 2. The van der Waals surface area contributed by atoms with Crippen molar-refractivity contribution >= 4 is 0 Å². The van der Waals surface area contributed by atoms with Crippen molar-refractivity contribution in [3.05, 3.63) is 56.4 Å². The third-order valence-electron chi connectivity index (χ3n) is 6.42. The minimum Gasteiger partial charge on any atom is -0.393 e. The summed E-state index contributed by atoms with van der Waals surface area (Å²) >= 11 is 0. The molecule has 2 aliphatic carbocycles. The SMILES string of the molecule is O=c1[nH]c2c(c3c1CCCC3)Cc1cc(CN3CCC(O)CC3)ccc1-2. The van der Waals surface area contributed by atoms with Gasteiger partial charge in [0.05, 0.1) is 11.8 Å². The Bertz CT molecular complexity index is 907. The van der Waals surface area contributed by atoms with E-state index in [9.17, 15) is 9.90 Å². The first kappa shape index (κ1) is 16.3. The molecule has 0 bridgehead atoms. The largest absolute Gasteiger partial charge is 0.393 e. The van der Waals surface area contributed by atoms with Gasteiger partial charge in [-0.25, -0.2) is 0 Å². The van der Waals surface area contributed by atoms with Crippen molar-refractivity contribution in [3.63, 3.8) is 0 Å². The Morgan fingerprint density at radius 3 is 2.65 bits per heavy atom. The Balaban J connectivity index is 1.44. The van der Waals surface area contributed by atoms with Gasteiger partial charge in [0, 0.05) is 37.2 Å². The van der Waals surface area contributed by atoms with Crippen molar-refractivity contribution in [1.29, 1.82) is 0 Å². The molecule has 4 heteroatoms. The van der Waals surface area contributed by atoms with Crippen LogP contribution in [-0.2, 0) is 25.8 Å². The van der Waals surface area contributed by atoms with E-state index in [-0.39, 0.29) is 11.7 Å². The average Bonchev–Trinajstić information content (AvgIpc) is 3.02. The van der Waals surface area contributed by atoms with Crippen LogP contribution in [0, 0.1) is 0 Å². The van der Waals surface area contributed by atoms with E-state index in [1.54, 1.807) is 0 Å². The molecule has 0 unspecified atom stereocenters. The Morgan fingerprint density at radius 2 is 1.85 bits per heavy atom. The van der Waals surface area contributed by atoms with Gasteiger partial charge in [0.25, 0.3) is 5.56 Å². The number of pyridine rings is 1. The van der Waals surface area contributed by atoms with Crippen LogP contribution in [0.15, 0.2) is 23.0 Å². The average molecular weight is 350 g/mol. The number of fused-ring (bicyclic) bond motifs is 5. The van der Waals surface area contributed by atoms with Crippen LogP contribution in [-0.4, -0.2) is 34.2 Å². The lowest BCUT2D eigenvalue weighted by Gasteiger charge is -2.29. The minimum absolute atomic E-state index is 0.122. The molecule has 3 aliphatic rings. The van der Waals surface area contributed by atoms with Crippen LogP contribution in [0.4, 0.5) is 0 Å². The Hall–Kier alpha value is -1.91. The summed E-state index contributed by atoms with van der Waals surface area (Å²) in [4.78, 5) is 18.1. The molecule has 0 atom stereocenters. The molecular formula is C22H26N2O2. The first-order valence-corrected chi connectivity index (χ1v) is 9.98. The van der Waals surface area contributed by atoms with Crippen LogP contribution in [0.2, 0.25) is 0 Å². The number of H-pyrrole nitrogens is 1. The number of likely N-dealkylation sites (tertiary alicyclic amines) is 1. The summed E-state index contributed by atoms with van der Waals surface area (Å²) in [5.74, 6) is 0. The maximum Gasteiger partial charge on any atom is 0.251 e. The molecule has 1 aromatic carbocycles. The topological polar surface area (TPSA) is 56.3 Å². The van der Waals surface area contributed by atoms with Gasteiger partial charge in [-0.2, -0.15) is 0 Å². The molecule has 4 nitrogen and oxygen atoms in total. The molecule has 0 saturated carbocycles. The van der Waals surface area contributed by atoms with Gasteiger partial charge in [-0.05, 0) is 60.8 Å². The molecule has 5 rings (SSSR count). The molecule has 1 saturated heterocycles. The third kappa shape index (κ3) is 2.72. The highest BCUT2D eigenvalue weighted by Crippen LogP contribution is 2.39. The number of benzene rings is 1. The maximum absolute atomic E-state index is 12.5. The zero-order valence-electron chi connectivity index (χ0n) is 15.2. The number of aliphatic hydroxyl groups is 1. The predicted octanol–water partition coefficient (Wildman–Crippen LogP) is 2.78. The van der Waals surface area contributed by atoms with Crippen LogP contribution in [0.1, 0.15) is 53.5 Å². The van der Waals surface area contributed by atoms with E-state index in [0.29, 0.717) is 0 Å². The summed E-state index contributed by atoms with van der Waals surface area (Å²) in [6.45, 7) is 2.89. The van der Waals surface area contributed by atoms with E-state index in [4.69, 9.17) is 0 Å². The molecule has 1 fully saturated rings.